The number of benzene rings is 1. The Hall–Kier alpha value is -2.28. The number of carbonyl (C=O) groups is 1. The van der Waals surface area contributed by atoms with Crippen LogP contribution in [0.25, 0.3) is 0 Å². The third-order valence-corrected chi connectivity index (χ3v) is 3.85. The molecule has 1 aromatic carbocycles. The third kappa shape index (κ3) is 3.24. The Morgan fingerprint density at radius 2 is 2.30 bits per heavy atom. The lowest BCUT2D eigenvalue weighted by Crippen LogP contribution is -2.23. The number of Topliss-reactive ketones (excluding diaryl/α,β-unsaturated/α-hetero) is 1. The number of nitrogens with one attached hydrogen (secondary N) is 1. The number of halogens is 2. The van der Waals surface area contributed by atoms with Crippen molar-refractivity contribution in [1.82, 2.24) is 10.3 Å². The first-order valence-electron chi connectivity index (χ1n) is 7.33. The highest BCUT2D eigenvalue weighted by atomic mass is 19.1. The van der Waals surface area contributed by atoms with Crippen molar-refractivity contribution in [2.45, 2.75) is 19.4 Å². The number of ether oxygens (including phenoxy) is 1. The molecule has 122 valence electrons. The maximum atomic E-state index is 14.2. The molecular weight excluding hydrogens is 306 g/mol. The molecule has 0 saturated carbocycles. The van der Waals surface area contributed by atoms with Crippen molar-refractivity contribution in [3.05, 3.63) is 47.7 Å². The van der Waals surface area contributed by atoms with Crippen molar-refractivity contribution in [1.29, 1.82) is 0 Å². The summed E-state index contributed by atoms with van der Waals surface area (Å²) < 4.78 is 38.6. The number of ketones is 1. The fraction of sp³-hybridized carbons (Fsp3) is 0.375. The van der Waals surface area contributed by atoms with Gasteiger partial charge in [-0.15, -0.1) is 0 Å². The van der Waals surface area contributed by atoms with Crippen molar-refractivity contribution >= 4 is 5.78 Å². The van der Waals surface area contributed by atoms with Crippen molar-refractivity contribution in [3.8, 4) is 5.75 Å². The van der Waals surface area contributed by atoms with Gasteiger partial charge in [0, 0.05) is 18.5 Å². The number of oxazole rings is 1. The van der Waals surface area contributed by atoms with Gasteiger partial charge >= 0.3 is 0 Å². The van der Waals surface area contributed by atoms with E-state index >= 15 is 0 Å². The summed E-state index contributed by atoms with van der Waals surface area (Å²) in [6.07, 6.45) is 3.02. The van der Waals surface area contributed by atoms with Gasteiger partial charge in [-0.3, -0.25) is 4.79 Å². The molecule has 7 heteroatoms. The van der Waals surface area contributed by atoms with Crippen LogP contribution in [0.5, 0.6) is 5.75 Å². The SMILES string of the molecule is CC(=O)c1cc(F)cc(F)c1O[C@H](c1ncco1)C1CCNC1. The zero-order chi connectivity index (χ0) is 16.4. The Kier molecular flexibility index (Phi) is 4.38. The van der Waals surface area contributed by atoms with Crippen molar-refractivity contribution in [3.63, 3.8) is 0 Å². The van der Waals surface area contributed by atoms with Gasteiger partial charge in [0.15, 0.2) is 23.5 Å². The molecule has 5 nitrogen and oxygen atoms in total. The van der Waals surface area contributed by atoms with Crippen LogP contribution in [0.3, 0.4) is 0 Å². The highest BCUT2D eigenvalue weighted by Crippen LogP contribution is 2.35. The molecule has 1 aliphatic heterocycles. The number of carbonyl (C=O) groups excluding carboxylic acids is 1. The van der Waals surface area contributed by atoms with Gasteiger partial charge in [0.25, 0.3) is 0 Å². The first-order chi connectivity index (χ1) is 11.1. The lowest BCUT2D eigenvalue weighted by atomic mass is 10.0. The molecule has 0 radical (unpaired) electrons. The Balaban J connectivity index is 1.98. The minimum absolute atomic E-state index is 0.0120. The van der Waals surface area contributed by atoms with Crippen LogP contribution in [0, 0.1) is 17.6 Å². The molecule has 1 fully saturated rings. The maximum Gasteiger partial charge on any atom is 0.235 e. The first kappa shape index (κ1) is 15.6. The van der Waals surface area contributed by atoms with Crippen LogP contribution in [-0.4, -0.2) is 23.9 Å². The van der Waals surface area contributed by atoms with Gasteiger partial charge in [-0.1, -0.05) is 0 Å². The predicted molar refractivity (Wildman–Crippen MR) is 77.2 cm³/mol. The third-order valence-electron chi connectivity index (χ3n) is 3.85. The van der Waals surface area contributed by atoms with E-state index in [0.717, 1.165) is 19.0 Å². The summed E-state index contributed by atoms with van der Waals surface area (Å²) in [5.41, 5.74) is -0.134. The number of hydrogen-bond acceptors (Lipinski definition) is 5. The second-order valence-electron chi connectivity index (χ2n) is 5.48. The zero-order valence-electron chi connectivity index (χ0n) is 12.5. The lowest BCUT2D eigenvalue weighted by Gasteiger charge is -2.23. The van der Waals surface area contributed by atoms with Gasteiger partial charge in [0.1, 0.15) is 12.1 Å². The second-order valence-corrected chi connectivity index (χ2v) is 5.48. The molecule has 3 rings (SSSR count). The van der Waals surface area contributed by atoms with Gasteiger partial charge in [-0.2, -0.15) is 0 Å². The monoisotopic (exact) mass is 322 g/mol. The topological polar surface area (TPSA) is 64.4 Å². The van der Waals surface area contributed by atoms with Crippen LogP contribution in [0.4, 0.5) is 8.78 Å². The summed E-state index contributed by atoms with van der Waals surface area (Å²) in [5, 5.41) is 3.19. The van der Waals surface area contributed by atoms with E-state index in [1.807, 2.05) is 0 Å². The number of aromatic nitrogens is 1. The van der Waals surface area contributed by atoms with Gasteiger partial charge in [-0.05, 0) is 26.0 Å². The Bertz CT molecular complexity index is 698. The average Bonchev–Trinajstić information content (AvgIpc) is 3.19. The molecule has 1 unspecified atom stereocenters. The molecule has 1 aliphatic rings. The van der Waals surface area contributed by atoms with Crippen LogP contribution in [0.15, 0.2) is 29.0 Å². The second kappa shape index (κ2) is 6.45. The summed E-state index contributed by atoms with van der Waals surface area (Å²) in [7, 11) is 0. The predicted octanol–water partition coefficient (Wildman–Crippen LogP) is 2.89. The van der Waals surface area contributed by atoms with Gasteiger partial charge < -0.3 is 14.5 Å². The normalized spacial score (nSPS) is 18.8. The van der Waals surface area contributed by atoms with E-state index < -0.39 is 23.5 Å². The van der Waals surface area contributed by atoms with Gasteiger partial charge in [-0.25, -0.2) is 13.8 Å². The van der Waals surface area contributed by atoms with Crippen LogP contribution in [-0.2, 0) is 0 Å². The molecule has 1 saturated heterocycles. The fourth-order valence-electron chi connectivity index (χ4n) is 2.73. The first-order valence-corrected chi connectivity index (χ1v) is 7.33. The molecule has 0 aliphatic carbocycles. The van der Waals surface area contributed by atoms with E-state index in [1.54, 1.807) is 0 Å². The van der Waals surface area contributed by atoms with Crippen molar-refractivity contribution in [2.75, 3.05) is 13.1 Å². The Labute approximate surface area is 131 Å². The molecule has 23 heavy (non-hydrogen) atoms. The van der Waals surface area contributed by atoms with Crippen LogP contribution in [0.2, 0.25) is 0 Å². The van der Waals surface area contributed by atoms with E-state index in [2.05, 4.69) is 10.3 Å². The van der Waals surface area contributed by atoms with E-state index in [9.17, 15) is 13.6 Å². The maximum absolute atomic E-state index is 14.2. The van der Waals surface area contributed by atoms with Crippen LogP contribution < -0.4 is 10.1 Å². The van der Waals surface area contributed by atoms with Crippen LogP contribution in [0.1, 0.15) is 35.7 Å². The summed E-state index contributed by atoms with van der Waals surface area (Å²) in [6.45, 7) is 2.69. The smallest absolute Gasteiger partial charge is 0.235 e. The number of nitrogens with zero attached hydrogens (tertiary/aromatic N) is 1. The molecule has 2 atom stereocenters. The molecule has 2 heterocycles. The highest BCUT2D eigenvalue weighted by Gasteiger charge is 2.33. The average molecular weight is 322 g/mol. The van der Waals surface area contributed by atoms with Crippen LogP contribution >= 0.6 is 0 Å². The van der Waals surface area contributed by atoms with E-state index in [-0.39, 0.29) is 17.2 Å². The largest absolute Gasteiger partial charge is 0.476 e. The molecular formula is C16H16F2N2O3. The van der Waals surface area contributed by atoms with Gasteiger partial charge in [0.2, 0.25) is 5.89 Å². The quantitative estimate of drug-likeness (QED) is 0.858. The van der Waals surface area contributed by atoms with Crippen molar-refractivity contribution in [2.24, 2.45) is 5.92 Å². The Morgan fingerprint density at radius 3 is 2.91 bits per heavy atom. The molecule has 0 bridgehead atoms. The summed E-state index contributed by atoms with van der Waals surface area (Å²) in [6, 6.07) is 1.67. The molecule has 0 spiro atoms. The fourth-order valence-corrected chi connectivity index (χ4v) is 2.73. The van der Waals surface area contributed by atoms with E-state index in [1.165, 1.54) is 19.4 Å². The lowest BCUT2D eigenvalue weighted by molar-refractivity contribution is 0.0956. The van der Waals surface area contributed by atoms with E-state index in [4.69, 9.17) is 9.15 Å². The molecule has 0 amide bonds. The summed E-state index contributed by atoms with van der Waals surface area (Å²) in [4.78, 5) is 15.8. The highest BCUT2D eigenvalue weighted by molar-refractivity contribution is 5.96. The summed E-state index contributed by atoms with van der Waals surface area (Å²) >= 11 is 0. The minimum atomic E-state index is -0.919. The summed E-state index contributed by atoms with van der Waals surface area (Å²) in [5.74, 6) is -2.18. The van der Waals surface area contributed by atoms with Gasteiger partial charge in [0.05, 0.1) is 11.8 Å². The Morgan fingerprint density at radius 1 is 1.48 bits per heavy atom. The van der Waals surface area contributed by atoms with E-state index in [0.29, 0.717) is 18.5 Å². The molecule has 2 aromatic rings. The van der Waals surface area contributed by atoms with Crippen molar-refractivity contribution < 1.29 is 22.7 Å². The zero-order valence-corrected chi connectivity index (χ0v) is 12.5. The molecule has 1 N–H and O–H groups in total. The molecule has 1 aromatic heterocycles. The number of hydrogen-bond donors (Lipinski definition) is 1. The standard InChI is InChI=1S/C16H16F2N2O3/c1-9(21)12-6-11(17)7-13(18)15(12)23-14(10-2-3-19-8-10)16-20-4-5-22-16/h4-7,10,14,19H,2-3,8H2,1H3/t10?,14-/m0/s1. The number of rotatable bonds is 5. The minimum Gasteiger partial charge on any atom is -0.476 e.